The molecule has 6 heteroatoms. The Balaban J connectivity index is 2.10. The van der Waals surface area contributed by atoms with E-state index in [0.717, 1.165) is 22.0 Å². The maximum absolute atomic E-state index is 12.0. The first-order valence-corrected chi connectivity index (χ1v) is 6.89. The molecule has 106 valence electrons. The topological polar surface area (TPSA) is 83.6 Å². The maximum Gasteiger partial charge on any atom is 0.268 e. The molecule has 0 aliphatic carbocycles. The summed E-state index contributed by atoms with van der Waals surface area (Å²) in [5, 5.41) is 13.0. The van der Waals surface area contributed by atoms with Crippen LogP contribution in [0.5, 0.6) is 0 Å². The third-order valence-electron chi connectivity index (χ3n) is 3.85. The van der Waals surface area contributed by atoms with Crippen molar-refractivity contribution in [3.05, 3.63) is 48.2 Å². The summed E-state index contributed by atoms with van der Waals surface area (Å²) in [7, 11) is 0. The molecule has 1 aliphatic heterocycles. The first kappa shape index (κ1) is 12.5. The number of hydrogen-bond acceptors (Lipinski definition) is 4. The van der Waals surface area contributed by atoms with Gasteiger partial charge in [0.2, 0.25) is 0 Å². The van der Waals surface area contributed by atoms with Crippen molar-refractivity contribution in [1.29, 1.82) is 5.26 Å². The van der Waals surface area contributed by atoms with Gasteiger partial charge in [0.05, 0.1) is 17.1 Å². The van der Waals surface area contributed by atoms with E-state index in [1.165, 1.54) is 6.33 Å². The second kappa shape index (κ2) is 4.67. The molecule has 0 radical (unpaired) electrons. The first-order chi connectivity index (χ1) is 10.8. The third kappa shape index (κ3) is 1.76. The number of nitrogens with one attached hydrogen (secondary N) is 1. The fraction of sp³-hybridized carbons (Fsp3) is 0.125. The molecule has 0 unspecified atom stereocenters. The van der Waals surface area contributed by atoms with Crippen LogP contribution in [0.25, 0.3) is 22.0 Å². The Bertz CT molecular complexity index is 937. The van der Waals surface area contributed by atoms with Crippen molar-refractivity contribution in [2.75, 3.05) is 6.54 Å². The zero-order valence-corrected chi connectivity index (χ0v) is 11.6. The van der Waals surface area contributed by atoms with Gasteiger partial charge in [-0.25, -0.2) is 9.97 Å². The van der Waals surface area contributed by atoms with Crippen LogP contribution in [-0.2, 0) is 6.54 Å². The summed E-state index contributed by atoms with van der Waals surface area (Å²) in [6, 6.07) is 7.63. The molecule has 0 fully saturated rings. The van der Waals surface area contributed by atoms with Crippen molar-refractivity contribution in [1.82, 2.24) is 19.9 Å². The molecule has 4 rings (SSSR count). The Morgan fingerprint density at radius 3 is 2.82 bits per heavy atom. The number of carbonyl (C=O) groups excluding carboxylic acids is 1. The molecule has 0 bridgehead atoms. The molecule has 1 aliphatic rings. The van der Waals surface area contributed by atoms with Crippen LogP contribution >= 0.6 is 0 Å². The zero-order valence-electron chi connectivity index (χ0n) is 11.6. The second-order valence-electron chi connectivity index (χ2n) is 5.14. The highest BCUT2D eigenvalue weighted by Crippen LogP contribution is 2.32. The molecule has 0 spiro atoms. The SMILES string of the molecule is N#Cc1cc(-c2cncnc2)c2c(c1)cc1n2CCNC1=O. The largest absolute Gasteiger partial charge is 0.349 e. The highest BCUT2D eigenvalue weighted by Gasteiger charge is 2.22. The van der Waals surface area contributed by atoms with E-state index in [1.807, 2.05) is 16.7 Å². The van der Waals surface area contributed by atoms with Gasteiger partial charge in [-0.2, -0.15) is 5.26 Å². The van der Waals surface area contributed by atoms with Crippen LogP contribution in [0.1, 0.15) is 16.1 Å². The molecule has 3 aromatic rings. The minimum atomic E-state index is -0.0868. The fourth-order valence-corrected chi connectivity index (χ4v) is 2.93. The van der Waals surface area contributed by atoms with Gasteiger partial charge >= 0.3 is 0 Å². The number of aromatic nitrogens is 3. The van der Waals surface area contributed by atoms with Gasteiger partial charge in [0.1, 0.15) is 12.0 Å². The van der Waals surface area contributed by atoms with Gasteiger partial charge < -0.3 is 9.88 Å². The Hall–Kier alpha value is -3.20. The average Bonchev–Trinajstić information content (AvgIpc) is 2.95. The van der Waals surface area contributed by atoms with E-state index in [1.54, 1.807) is 18.5 Å². The van der Waals surface area contributed by atoms with Crippen LogP contribution < -0.4 is 5.32 Å². The lowest BCUT2D eigenvalue weighted by Crippen LogP contribution is -2.34. The van der Waals surface area contributed by atoms with E-state index >= 15 is 0 Å². The van der Waals surface area contributed by atoms with Crippen molar-refractivity contribution >= 4 is 16.8 Å². The number of carbonyl (C=O) groups is 1. The van der Waals surface area contributed by atoms with Crippen molar-refractivity contribution in [2.24, 2.45) is 0 Å². The van der Waals surface area contributed by atoms with E-state index < -0.39 is 0 Å². The van der Waals surface area contributed by atoms with Gasteiger partial charge in [0.25, 0.3) is 5.91 Å². The molecule has 1 aromatic carbocycles. The number of hydrogen-bond donors (Lipinski definition) is 1. The molecule has 1 amide bonds. The van der Waals surface area contributed by atoms with Gasteiger partial charge in [-0.3, -0.25) is 4.79 Å². The summed E-state index contributed by atoms with van der Waals surface area (Å²) in [5.74, 6) is -0.0868. The summed E-state index contributed by atoms with van der Waals surface area (Å²) >= 11 is 0. The average molecular weight is 289 g/mol. The quantitative estimate of drug-likeness (QED) is 0.739. The predicted molar refractivity (Wildman–Crippen MR) is 80.0 cm³/mol. The van der Waals surface area contributed by atoms with E-state index in [9.17, 15) is 10.1 Å². The van der Waals surface area contributed by atoms with Gasteiger partial charge in [-0.05, 0) is 18.2 Å². The molecule has 6 nitrogen and oxygen atoms in total. The molecule has 3 heterocycles. The number of amides is 1. The summed E-state index contributed by atoms with van der Waals surface area (Å²) in [6.07, 6.45) is 4.90. The number of fused-ring (bicyclic) bond motifs is 3. The van der Waals surface area contributed by atoms with Crippen LogP contribution in [0.15, 0.2) is 36.9 Å². The van der Waals surface area contributed by atoms with E-state index in [2.05, 4.69) is 21.4 Å². The summed E-state index contributed by atoms with van der Waals surface area (Å²) in [6.45, 7) is 1.30. The van der Waals surface area contributed by atoms with E-state index in [0.29, 0.717) is 24.3 Å². The Morgan fingerprint density at radius 2 is 2.05 bits per heavy atom. The molecular formula is C16H11N5O. The molecule has 0 saturated carbocycles. The lowest BCUT2D eigenvalue weighted by Gasteiger charge is -2.18. The fourth-order valence-electron chi connectivity index (χ4n) is 2.93. The van der Waals surface area contributed by atoms with E-state index in [-0.39, 0.29) is 5.91 Å². The van der Waals surface area contributed by atoms with Crippen LogP contribution in [0.2, 0.25) is 0 Å². The highest BCUT2D eigenvalue weighted by atomic mass is 16.2. The van der Waals surface area contributed by atoms with Crippen molar-refractivity contribution in [3.8, 4) is 17.2 Å². The lowest BCUT2D eigenvalue weighted by molar-refractivity contribution is 0.0929. The Labute approximate surface area is 126 Å². The van der Waals surface area contributed by atoms with E-state index in [4.69, 9.17) is 0 Å². The van der Waals surface area contributed by atoms with Crippen LogP contribution in [0.4, 0.5) is 0 Å². The Morgan fingerprint density at radius 1 is 1.23 bits per heavy atom. The highest BCUT2D eigenvalue weighted by molar-refractivity contribution is 6.04. The molecule has 2 aromatic heterocycles. The number of nitriles is 1. The van der Waals surface area contributed by atoms with Crippen LogP contribution in [-0.4, -0.2) is 27.0 Å². The third-order valence-corrected chi connectivity index (χ3v) is 3.85. The van der Waals surface area contributed by atoms with Gasteiger partial charge in [-0.1, -0.05) is 0 Å². The molecule has 0 atom stereocenters. The second-order valence-corrected chi connectivity index (χ2v) is 5.14. The minimum Gasteiger partial charge on any atom is -0.349 e. The van der Waals surface area contributed by atoms with Gasteiger partial charge in [0.15, 0.2) is 0 Å². The number of rotatable bonds is 1. The smallest absolute Gasteiger partial charge is 0.268 e. The first-order valence-electron chi connectivity index (χ1n) is 6.89. The Kier molecular flexibility index (Phi) is 2.66. The molecular weight excluding hydrogens is 278 g/mol. The standard InChI is InChI=1S/C16H11N5O/c17-6-10-3-11-5-14-16(22)20-1-2-21(14)15(11)13(4-10)12-7-18-9-19-8-12/h3-5,7-9H,1-2H2,(H,20,22). The maximum atomic E-state index is 12.0. The van der Waals surface area contributed by atoms with Crippen molar-refractivity contribution < 1.29 is 4.79 Å². The number of nitrogens with zero attached hydrogens (tertiary/aromatic N) is 4. The molecule has 1 N–H and O–H groups in total. The summed E-state index contributed by atoms with van der Waals surface area (Å²) < 4.78 is 2.00. The van der Waals surface area contributed by atoms with Crippen LogP contribution in [0.3, 0.4) is 0 Å². The lowest BCUT2D eigenvalue weighted by atomic mass is 10.0. The van der Waals surface area contributed by atoms with Crippen molar-refractivity contribution in [2.45, 2.75) is 6.54 Å². The molecule has 22 heavy (non-hydrogen) atoms. The predicted octanol–water partition coefficient (Wildman–Crippen LogP) is 1.71. The minimum absolute atomic E-state index is 0.0868. The van der Waals surface area contributed by atoms with Crippen molar-refractivity contribution in [3.63, 3.8) is 0 Å². The van der Waals surface area contributed by atoms with Gasteiger partial charge in [0, 0.05) is 42.0 Å². The number of benzene rings is 1. The van der Waals surface area contributed by atoms with Crippen LogP contribution in [0, 0.1) is 11.3 Å². The molecule has 0 saturated heterocycles. The normalized spacial score (nSPS) is 13.5. The summed E-state index contributed by atoms with van der Waals surface area (Å²) in [5.41, 5.74) is 3.81. The summed E-state index contributed by atoms with van der Waals surface area (Å²) in [4.78, 5) is 20.1. The van der Waals surface area contributed by atoms with Gasteiger partial charge in [-0.15, -0.1) is 0 Å². The zero-order chi connectivity index (χ0) is 15.1. The monoisotopic (exact) mass is 289 g/mol.